The van der Waals surface area contributed by atoms with Gasteiger partial charge in [0.1, 0.15) is 0 Å². The number of nitrogens with zero attached hydrogens (tertiary/aromatic N) is 3. The third-order valence-electron chi connectivity index (χ3n) is 3.43. The van der Waals surface area contributed by atoms with Crippen LogP contribution in [0.2, 0.25) is 0 Å². The van der Waals surface area contributed by atoms with Crippen molar-refractivity contribution in [3.63, 3.8) is 0 Å². The summed E-state index contributed by atoms with van der Waals surface area (Å²) in [5.41, 5.74) is 5.72. The Kier molecular flexibility index (Phi) is 3.83. The molecule has 0 amide bonds. The molecular formula is C12H22N4. The van der Waals surface area contributed by atoms with Gasteiger partial charge in [0.05, 0.1) is 0 Å². The minimum atomic E-state index is 0.649. The van der Waals surface area contributed by atoms with Crippen molar-refractivity contribution in [3.8, 4) is 0 Å². The maximum Gasteiger partial charge on any atom is 0.205 e. The van der Waals surface area contributed by atoms with E-state index in [0.717, 1.165) is 19.0 Å². The normalized spacial score (nSPS) is 16.9. The van der Waals surface area contributed by atoms with Gasteiger partial charge in [-0.3, -0.25) is 0 Å². The van der Waals surface area contributed by atoms with Crippen LogP contribution < -0.4 is 10.6 Å². The molecule has 90 valence electrons. The van der Waals surface area contributed by atoms with Gasteiger partial charge in [-0.15, -0.1) is 0 Å². The van der Waals surface area contributed by atoms with Crippen molar-refractivity contribution >= 4 is 5.95 Å². The van der Waals surface area contributed by atoms with Crippen molar-refractivity contribution < 1.29 is 0 Å². The highest BCUT2D eigenvalue weighted by Gasteiger charge is 2.24. The summed E-state index contributed by atoms with van der Waals surface area (Å²) in [6, 6.07) is 0.649. The van der Waals surface area contributed by atoms with Crippen LogP contribution in [0.5, 0.6) is 0 Å². The Labute approximate surface area is 97.4 Å². The van der Waals surface area contributed by atoms with E-state index in [1.807, 2.05) is 12.4 Å². The number of anilines is 1. The maximum absolute atomic E-state index is 5.72. The lowest BCUT2D eigenvalue weighted by Crippen LogP contribution is -2.39. The van der Waals surface area contributed by atoms with Crippen LogP contribution in [-0.4, -0.2) is 28.7 Å². The molecule has 1 aromatic rings. The highest BCUT2D eigenvalue weighted by molar-refractivity contribution is 5.33. The number of aryl methyl sites for hydroxylation is 1. The summed E-state index contributed by atoms with van der Waals surface area (Å²) in [5, 5.41) is 0. The molecule has 4 nitrogen and oxygen atoms in total. The van der Waals surface area contributed by atoms with Crippen LogP contribution in [0.1, 0.15) is 32.6 Å². The minimum Gasteiger partial charge on any atom is -0.338 e. The highest BCUT2D eigenvalue weighted by atomic mass is 15.3. The molecule has 2 rings (SSSR count). The fourth-order valence-corrected chi connectivity index (χ4v) is 2.61. The Hall–Kier alpha value is -1.03. The fourth-order valence-electron chi connectivity index (χ4n) is 2.61. The molecule has 16 heavy (non-hydrogen) atoms. The third-order valence-corrected chi connectivity index (χ3v) is 3.43. The van der Waals surface area contributed by atoms with Gasteiger partial charge >= 0.3 is 0 Å². The molecule has 1 aliphatic carbocycles. The third kappa shape index (κ3) is 2.21. The van der Waals surface area contributed by atoms with E-state index in [0.29, 0.717) is 12.6 Å². The molecular weight excluding hydrogens is 200 g/mol. The predicted molar refractivity (Wildman–Crippen MR) is 66.6 cm³/mol. The number of nitrogens with two attached hydrogens (primary N) is 1. The zero-order chi connectivity index (χ0) is 11.4. The standard InChI is InChI=1S/C12H22N4/c1-2-15-10-8-14-12(15)16(9-7-13)11-5-3-4-6-11/h8,10-11H,2-7,9,13H2,1H3. The quantitative estimate of drug-likeness (QED) is 0.823. The fraction of sp³-hybridized carbons (Fsp3) is 0.750. The first kappa shape index (κ1) is 11.5. The van der Waals surface area contributed by atoms with Gasteiger partial charge in [-0.25, -0.2) is 4.98 Å². The van der Waals surface area contributed by atoms with Crippen LogP contribution in [0.25, 0.3) is 0 Å². The SMILES string of the molecule is CCn1ccnc1N(CCN)C1CCCC1. The zero-order valence-corrected chi connectivity index (χ0v) is 10.1. The molecule has 1 heterocycles. The summed E-state index contributed by atoms with van der Waals surface area (Å²) in [5.74, 6) is 1.10. The van der Waals surface area contributed by atoms with Crippen LogP contribution in [0.3, 0.4) is 0 Å². The Morgan fingerprint density at radius 1 is 1.50 bits per heavy atom. The number of rotatable bonds is 5. The molecule has 0 saturated heterocycles. The van der Waals surface area contributed by atoms with Gasteiger partial charge < -0.3 is 15.2 Å². The van der Waals surface area contributed by atoms with E-state index >= 15 is 0 Å². The van der Waals surface area contributed by atoms with E-state index in [1.165, 1.54) is 25.7 Å². The number of hydrogen-bond donors (Lipinski definition) is 1. The second kappa shape index (κ2) is 5.34. The second-order valence-corrected chi connectivity index (χ2v) is 4.43. The van der Waals surface area contributed by atoms with Crippen molar-refractivity contribution in [2.75, 3.05) is 18.0 Å². The molecule has 0 unspecified atom stereocenters. The number of aromatic nitrogens is 2. The average Bonchev–Trinajstić information content (AvgIpc) is 2.96. The van der Waals surface area contributed by atoms with Crippen molar-refractivity contribution in [1.29, 1.82) is 0 Å². The summed E-state index contributed by atoms with van der Waals surface area (Å²) in [6.45, 7) is 4.75. The number of hydrogen-bond acceptors (Lipinski definition) is 3. The van der Waals surface area contributed by atoms with Crippen LogP contribution in [0.15, 0.2) is 12.4 Å². The molecule has 4 heteroatoms. The summed E-state index contributed by atoms with van der Waals surface area (Å²) in [4.78, 5) is 6.88. The molecule has 1 aromatic heterocycles. The van der Waals surface area contributed by atoms with Crippen LogP contribution >= 0.6 is 0 Å². The topological polar surface area (TPSA) is 47.1 Å². The molecule has 1 aliphatic rings. The molecule has 0 bridgehead atoms. The van der Waals surface area contributed by atoms with Gasteiger partial charge in [-0.2, -0.15) is 0 Å². The van der Waals surface area contributed by atoms with Crippen LogP contribution in [-0.2, 0) is 6.54 Å². The van der Waals surface area contributed by atoms with Gasteiger partial charge in [0.15, 0.2) is 0 Å². The smallest absolute Gasteiger partial charge is 0.205 e. The van der Waals surface area contributed by atoms with Crippen molar-refractivity contribution in [2.45, 2.75) is 45.2 Å². The highest BCUT2D eigenvalue weighted by Crippen LogP contribution is 2.26. The lowest BCUT2D eigenvalue weighted by atomic mass is 10.2. The molecule has 0 atom stereocenters. The van der Waals surface area contributed by atoms with E-state index < -0.39 is 0 Å². The molecule has 2 N–H and O–H groups in total. The van der Waals surface area contributed by atoms with Gasteiger partial charge in [0.2, 0.25) is 5.95 Å². The molecule has 1 fully saturated rings. The Balaban J connectivity index is 2.17. The minimum absolute atomic E-state index is 0.649. The van der Waals surface area contributed by atoms with E-state index in [9.17, 15) is 0 Å². The van der Waals surface area contributed by atoms with Gasteiger partial charge in [0, 0.05) is 38.1 Å². The largest absolute Gasteiger partial charge is 0.338 e. The molecule has 0 aliphatic heterocycles. The van der Waals surface area contributed by atoms with Crippen LogP contribution in [0, 0.1) is 0 Å². The van der Waals surface area contributed by atoms with Gasteiger partial charge in [-0.1, -0.05) is 12.8 Å². The van der Waals surface area contributed by atoms with Gasteiger partial charge in [-0.05, 0) is 19.8 Å². The predicted octanol–water partition coefficient (Wildman–Crippen LogP) is 1.61. The average molecular weight is 222 g/mol. The van der Waals surface area contributed by atoms with Crippen molar-refractivity contribution in [3.05, 3.63) is 12.4 Å². The van der Waals surface area contributed by atoms with Crippen LogP contribution in [0.4, 0.5) is 5.95 Å². The molecule has 0 spiro atoms. The zero-order valence-electron chi connectivity index (χ0n) is 10.1. The van der Waals surface area contributed by atoms with E-state index in [4.69, 9.17) is 5.73 Å². The first-order chi connectivity index (χ1) is 7.86. The lowest BCUT2D eigenvalue weighted by molar-refractivity contribution is 0.576. The first-order valence-corrected chi connectivity index (χ1v) is 6.34. The second-order valence-electron chi connectivity index (χ2n) is 4.43. The van der Waals surface area contributed by atoms with E-state index in [1.54, 1.807) is 0 Å². The Morgan fingerprint density at radius 2 is 2.25 bits per heavy atom. The van der Waals surface area contributed by atoms with Crippen molar-refractivity contribution in [2.24, 2.45) is 5.73 Å². The molecule has 1 saturated carbocycles. The first-order valence-electron chi connectivity index (χ1n) is 6.34. The number of imidazole rings is 1. The monoisotopic (exact) mass is 222 g/mol. The van der Waals surface area contributed by atoms with E-state index in [-0.39, 0.29) is 0 Å². The Bertz CT molecular complexity index is 315. The maximum atomic E-state index is 5.72. The summed E-state index contributed by atoms with van der Waals surface area (Å²) >= 11 is 0. The van der Waals surface area contributed by atoms with Crippen molar-refractivity contribution in [1.82, 2.24) is 9.55 Å². The summed E-state index contributed by atoms with van der Waals surface area (Å²) < 4.78 is 2.20. The van der Waals surface area contributed by atoms with Gasteiger partial charge in [0.25, 0.3) is 0 Å². The summed E-state index contributed by atoms with van der Waals surface area (Å²) in [6.07, 6.45) is 9.20. The molecule has 0 radical (unpaired) electrons. The Morgan fingerprint density at radius 3 is 2.88 bits per heavy atom. The summed E-state index contributed by atoms with van der Waals surface area (Å²) in [7, 11) is 0. The molecule has 0 aromatic carbocycles. The van der Waals surface area contributed by atoms with E-state index in [2.05, 4.69) is 21.4 Å². The lowest BCUT2D eigenvalue weighted by Gasteiger charge is -2.29.